The molecule has 0 amide bonds. The third-order valence-corrected chi connectivity index (χ3v) is 1.14. The van der Waals surface area contributed by atoms with Crippen LogP contribution in [0.1, 0.15) is 19.8 Å². The summed E-state index contributed by atoms with van der Waals surface area (Å²) in [4.78, 5) is 0. The van der Waals surface area contributed by atoms with Crippen molar-refractivity contribution >= 4 is 23.0 Å². The molecule has 0 fully saturated rings. The van der Waals surface area contributed by atoms with Gasteiger partial charge in [0.05, 0.1) is 0 Å². The van der Waals surface area contributed by atoms with E-state index in [1.165, 1.54) is 0 Å². The summed E-state index contributed by atoms with van der Waals surface area (Å²) in [5.41, 5.74) is 8.48. The van der Waals surface area contributed by atoms with Crippen molar-refractivity contribution in [1.82, 2.24) is 5.43 Å². The second kappa shape index (κ2) is 6.06. The molecule has 0 aromatic heterocycles. The maximum absolute atomic E-state index is 8.47. The van der Waals surface area contributed by atoms with Gasteiger partial charge in [0, 0.05) is 12.3 Å². The molecule has 0 spiro atoms. The third-order valence-electron chi connectivity index (χ3n) is 1.05. The number of hydrogen-bond acceptors (Lipinski definition) is 3. The van der Waals surface area contributed by atoms with E-state index in [0.29, 0.717) is 6.42 Å². The zero-order chi connectivity index (χ0) is 8.69. The van der Waals surface area contributed by atoms with Crippen LogP contribution in [0.2, 0.25) is 0 Å². The van der Waals surface area contributed by atoms with E-state index in [1.54, 1.807) is 0 Å². The van der Waals surface area contributed by atoms with Gasteiger partial charge in [0.2, 0.25) is 0 Å². The van der Waals surface area contributed by atoms with Crippen molar-refractivity contribution in [2.45, 2.75) is 19.8 Å². The average Bonchev–Trinajstić information content (AvgIpc) is 1.97. The van der Waals surface area contributed by atoms with Crippen LogP contribution < -0.4 is 11.2 Å². The van der Waals surface area contributed by atoms with Gasteiger partial charge in [-0.25, -0.2) is 0 Å². The first-order chi connectivity index (χ1) is 5.16. The lowest BCUT2D eigenvalue weighted by atomic mass is 10.2. The van der Waals surface area contributed by atoms with Gasteiger partial charge in [-0.3, -0.25) is 5.43 Å². The first kappa shape index (κ1) is 10.3. The third kappa shape index (κ3) is 7.21. The fraction of sp³-hybridized carbons (Fsp3) is 0.667. The molecule has 11 heavy (non-hydrogen) atoms. The number of nitrogens with one attached hydrogen (secondary N) is 1. The first-order valence-corrected chi connectivity index (χ1v) is 3.77. The zero-order valence-electron chi connectivity index (χ0n) is 6.50. The molecule has 4 nitrogen and oxygen atoms in total. The topological polar surface area (TPSA) is 70.6 Å². The summed E-state index contributed by atoms with van der Waals surface area (Å²) in [5.74, 6) is 0. The van der Waals surface area contributed by atoms with Crippen molar-refractivity contribution in [3.05, 3.63) is 0 Å². The van der Waals surface area contributed by atoms with Gasteiger partial charge in [-0.2, -0.15) is 5.10 Å². The Hall–Kier alpha value is -0.680. The van der Waals surface area contributed by atoms with Crippen LogP contribution in [0.15, 0.2) is 5.10 Å². The van der Waals surface area contributed by atoms with Crippen LogP contribution in [-0.4, -0.2) is 22.5 Å². The number of thiocarbonyl (C=S) groups is 1. The molecule has 0 rings (SSSR count). The molecule has 0 aliphatic rings. The lowest BCUT2D eigenvalue weighted by Gasteiger charge is -1.98. The summed E-state index contributed by atoms with van der Waals surface area (Å²) in [5, 5.41) is 12.5. The molecule has 64 valence electrons. The fourth-order valence-electron chi connectivity index (χ4n) is 0.541. The first-order valence-electron chi connectivity index (χ1n) is 3.36. The van der Waals surface area contributed by atoms with Crippen LogP contribution in [0.3, 0.4) is 0 Å². The smallest absolute Gasteiger partial charge is 0.184 e. The van der Waals surface area contributed by atoms with E-state index in [1.807, 2.05) is 6.92 Å². The highest BCUT2D eigenvalue weighted by Gasteiger charge is 1.90. The molecule has 0 aromatic carbocycles. The summed E-state index contributed by atoms with van der Waals surface area (Å²) in [6.45, 7) is 2.03. The monoisotopic (exact) mass is 175 g/mol. The SMILES string of the molecule is C/C(CCCO)=N\NC(N)=S. The Labute approximate surface area is 71.5 Å². The van der Waals surface area contributed by atoms with Crippen molar-refractivity contribution in [3.8, 4) is 0 Å². The van der Waals surface area contributed by atoms with Crippen LogP contribution >= 0.6 is 12.2 Å². The van der Waals surface area contributed by atoms with Crippen LogP contribution in [0, 0.1) is 0 Å². The molecule has 4 N–H and O–H groups in total. The maximum atomic E-state index is 8.47. The standard InChI is InChI=1S/C6H13N3OS/c1-5(3-2-4-10)8-9-6(7)11/h10H,2-4H2,1H3,(H3,7,9,11)/b8-5+. The Balaban J connectivity index is 3.54. The normalized spacial score (nSPS) is 11.3. The van der Waals surface area contributed by atoms with E-state index in [-0.39, 0.29) is 11.7 Å². The number of aliphatic hydroxyl groups is 1. The number of nitrogens with zero attached hydrogens (tertiary/aromatic N) is 1. The van der Waals surface area contributed by atoms with Gasteiger partial charge in [0.15, 0.2) is 5.11 Å². The number of hydrazone groups is 1. The van der Waals surface area contributed by atoms with Gasteiger partial charge in [-0.05, 0) is 32.0 Å². The van der Waals surface area contributed by atoms with Gasteiger partial charge < -0.3 is 10.8 Å². The number of aliphatic hydroxyl groups excluding tert-OH is 1. The largest absolute Gasteiger partial charge is 0.396 e. The number of hydrogen-bond donors (Lipinski definition) is 3. The molecule has 0 bridgehead atoms. The molecule has 0 aliphatic carbocycles. The van der Waals surface area contributed by atoms with Crippen molar-refractivity contribution in [2.24, 2.45) is 10.8 Å². The van der Waals surface area contributed by atoms with E-state index in [9.17, 15) is 0 Å². The molecular weight excluding hydrogens is 162 g/mol. The zero-order valence-corrected chi connectivity index (χ0v) is 7.32. The Morgan fingerprint density at radius 3 is 2.82 bits per heavy atom. The van der Waals surface area contributed by atoms with E-state index >= 15 is 0 Å². The summed E-state index contributed by atoms with van der Waals surface area (Å²) < 4.78 is 0. The molecule has 5 heteroatoms. The average molecular weight is 175 g/mol. The lowest BCUT2D eigenvalue weighted by molar-refractivity contribution is 0.291. The van der Waals surface area contributed by atoms with Gasteiger partial charge in [0.25, 0.3) is 0 Å². The summed E-state index contributed by atoms with van der Waals surface area (Å²) in [6, 6.07) is 0. The van der Waals surface area contributed by atoms with E-state index in [0.717, 1.165) is 12.1 Å². The van der Waals surface area contributed by atoms with Crippen molar-refractivity contribution < 1.29 is 5.11 Å². The molecule has 0 heterocycles. The molecule has 0 atom stereocenters. The minimum Gasteiger partial charge on any atom is -0.396 e. The fourth-order valence-corrected chi connectivity index (χ4v) is 0.587. The second-order valence-electron chi connectivity index (χ2n) is 2.15. The summed E-state index contributed by atoms with van der Waals surface area (Å²) in [7, 11) is 0. The maximum Gasteiger partial charge on any atom is 0.184 e. The van der Waals surface area contributed by atoms with Crippen LogP contribution in [-0.2, 0) is 0 Å². The van der Waals surface area contributed by atoms with Crippen LogP contribution in [0.5, 0.6) is 0 Å². The molecule has 0 radical (unpaired) electrons. The lowest BCUT2D eigenvalue weighted by Crippen LogP contribution is -2.25. The van der Waals surface area contributed by atoms with Crippen LogP contribution in [0.25, 0.3) is 0 Å². The summed E-state index contributed by atoms with van der Waals surface area (Å²) >= 11 is 4.54. The predicted octanol–water partition coefficient (Wildman–Crippen LogP) is -0.0320. The van der Waals surface area contributed by atoms with E-state index in [4.69, 9.17) is 10.8 Å². The Bertz CT molecular complexity index is 158. The highest BCUT2D eigenvalue weighted by Crippen LogP contribution is 1.89. The Kier molecular flexibility index (Phi) is 5.68. The van der Waals surface area contributed by atoms with Crippen LogP contribution in [0.4, 0.5) is 0 Å². The van der Waals surface area contributed by atoms with Gasteiger partial charge >= 0.3 is 0 Å². The van der Waals surface area contributed by atoms with Gasteiger partial charge in [-0.15, -0.1) is 0 Å². The summed E-state index contributed by atoms with van der Waals surface area (Å²) in [6.07, 6.45) is 1.47. The van der Waals surface area contributed by atoms with E-state index < -0.39 is 0 Å². The molecule has 0 unspecified atom stereocenters. The second-order valence-corrected chi connectivity index (χ2v) is 2.59. The predicted molar refractivity (Wildman–Crippen MR) is 49.3 cm³/mol. The molecule has 0 saturated carbocycles. The van der Waals surface area contributed by atoms with Gasteiger partial charge in [0.1, 0.15) is 0 Å². The quantitative estimate of drug-likeness (QED) is 0.319. The Morgan fingerprint density at radius 2 is 2.36 bits per heavy atom. The van der Waals surface area contributed by atoms with E-state index in [2.05, 4.69) is 22.7 Å². The molecule has 0 aliphatic heterocycles. The molecule has 0 aromatic rings. The minimum atomic E-state index is 0.161. The van der Waals surface area contributed by atoms with Gasteiger partial charge in [-0.1, -0.05) is 0 Å². The number of rotatable bonds is 4. The Morgan fingerprint density at radius 1 is 1.73 bits per heavy atom. The molecule has 0 saturated heterocycles. The van der Waals surface area contributed by atoms with Crippen molar-refractivity contribution in [1.29, 1.82) is 0 Å². The highest BCUT2D eigenvalue weighted by atomic mass is 32.1. The minimum absolute atomic E-state index is 0.161. The number of nitrogens with two attached hydrogens (primary N) is 1. The highest BCUT2D eigenvalue weighted by molar-refractivity contribution is 7.80. The van der Waals surface area contributed by atoms with Crippen molar-refractivity contribution in [3.63, 3.8) is 0 Å². The molecular formula is C6H13N3OS. The van der Waals surface area contributed by atoms with Crippen molar-refractivity contribution in [2.75, 3.05) is 6.61 Å².